The average molecular weight is 357 g/mol. The lowest BCUT2D eigenvalue weighted by Crippen LogP contribution is -2.38. The van der Waals surface area contributed by atoms with Crippen LogP contribution in [0.3, 0.4) is 0 Å². The van der Waals surface area contributed by atoms with Crippen LogP contribution in [0.1, 0.15) is 50.4 Å². The third-order valence-electron chi connectivity index (χ3n) is 5.24. The van der Waals surface area contributed by atoms with E-state index in [-0.39, 0.29) is 11.5 Å². The van der Waals surface area contributed by atoms with Crippen LogP contribution in [0.2, 0.25) is 0 Å². The van der Waals surface area contributed by atoms with Gasteiger partial charge in [0.05, 0.1) is 19.0 Å². The summed E-state index contributed by atoms with van der Waals surface area (Å²) < 4.78 is 17.1. The number of rotatable bonds is 8. The molecule has 142 valence electrons. The molecule has 0 aliphatic carbocycles. The standard InChI is InChI=1S/C22H31NO3/c1-22(2)15-17(11-14-26-22)16-23-12-10-19(21-9-6-13-25-21)18-7-4-5-8-20(18)24-3/h4-9,13,17,19,23H,10-12,14-16H2,1-3H3. The lowest BCUT2D eigenvalue weighted by Gasteiger charge is -2.35. The molecule has 1 aliphatic rings. The van der Waals surface area contributed by atoms with E-state index in [1.54, 1.807) is 13.4 Å². The first-order valence-corrected chi connectivity index (χ1v) is 9.60. The Morgan fingerprint density at radius 1 is 1.23 bits per heavy atom. The monoisotopic (exact) mass is 357 g/mol. The molecule has 0 amide bonds. The van der Waals surface area contributed by atoms with Gasteiger partial charge in [-0.25, -0.2) is 0 Å². The van der Waals surface area contributed by atoms with Crippen LogP contribution in [0.15, 0.2) is 47.1 Å². The largest absolute Gasteiger partial charge is 0.496 e. The fourth-order valence-electron chi connectivity index (χ4n) is 3.98. The van der Waals surface area contributed by atoms with Gasteiger partial charge in [0.2, 0.25) is 0 Å². The van der Waals surface area contributed by atoms with Crippen molar-refractivity contribution in [2.45, 2.75) is 44.6 Å². The molecule has 2 aromatic rings. The van der Waals surface area contributed by atoms with Gasteiger partial charge in [-0.1, -0.05) is 18.2 Å². The minimum atomic E-state index is 0.0126. The number of methoxy groups -OCH3 is 1. The summed E-state index contributed by atoms with van der Waals surface area (Å²) in [6.07, 6.45) is 4.98. The maximum absolute atomic E-state index is 5.82. The second-order valence-corrected chi connectivity index (χ2v) is 7.77. The summed E-state index contributed by atoms with van der Waals surface area (Å²) in [5.41, 5.74) is 1.19. The smallest absolute Gasteiger partial charge is 0.122 e. The molecule has 2 unspecified atom stereocenters. The summed E-state index contributed by atoms with van der Waals surface area (Å²) in [7, 11) is 1.73. The molecule has 26 heavy (non-hydrogen) atoms. The van der Waals surface area contributed by atoms with E-state index < -0.39 is 0 Å². The van der Waals surface area contributed by atoms with Crippen molar-refractivity contribution in [1.29, 1.82) is 0 Å². The van der Waals surface area contributed by atoms with Gasteiger partial charge in [-0.2, -0.15) is 0 Å². The molecule has 4 heteroatoms. The first-order chi connectivity index (χ1) is 12.6. The molecule has 1 N–H and O–H groups in total. The van der Waals surface area contributed by atoms with Crippen LogP contribution in [-0.4, -0.2) is 32.4 Å². The number of ether oxygens (including phenoxy) is 2. The molecular formula is C22H31NO3. The number of hydrogen-bond donors (Lipinski definition) is 1. The Bertz CT molecular complexity index is 666. The second-order valence-electron chi connectivity index (χ2n) is 7.77. The molecule has 0 spiro atoms. The predicted molar refractivity (Wildman–Crippen MR) is 104 cm³/mol. The zero-order chi connectivity index (χ0) is 18.4. The molecule has 1 aliphatic heterocycles. The highest BCUT2D eigenvalue weighted by Crippen LogP contribution is 2.34. The van der Waals surface area contributed by atoms with E-state index in [2.05, 4.69) is 37.4 Å². The molecule has 1 aromatic heterocycles. The molecule has 0 saturated carbocycles. The van der Waals surface area contributed by atoms with Crippen molar-refractivity contribution >= 4 is 0 Å². The topological polar surface area (TPSA) is 43.6 Å². The van der Waals surface area contributed by atoms with Crippen molar-refractivity contribution in [2.24, 2.45) is 5.92 Å². The van der Waals surface area contributed by atoms with Gasteiger partial charge in [0.15, 0.2) is 0 Å². The molecule has 2 atom stereocenters. The predicted octanol–water partition coefficient (Wildman–Crippen LogP) is 4.61. The third-order valence-corrected chi connectivity index (χ3v) is 5.24. The van der Waals surface area contributed by atoms with Gasteiger partial charge in [0.1, 0.15) is 11.5 Å². The maximum atomic E-state index is 5.82. The number of furan rings is 1. The van der Waals surface area contributed by atoms with Crippen molar-refractivity contribution in [2.75, 3.05) is 26.8 Å². The molecular weight excluding hydrogens is 326 g/mol. The SMILES string of the molecule is COc1ccccc1C(CCNCC1CCOC(C)(C)C1)c1ccco1. The summed E-state index contributed by atoms with van der Waals surface area (Å²) in [5.74, 6) is 2.79. The molecule has 3 rings (SSSR count). The Morgan fingerprint density at radius 2 is 2.08 bits per heavy atom. The Labute approximate surface area is 156 Å². The highest BCUT2D eigenvalue weighted by Gasteiger charge is 2.28. The summed E-state index contributed by atoms with van der Waals surface area (Å²) in [5, 5.41) is 3.65. The zero-order valence-corrected chi connectivity index (χ0v) is 16.2. The van der Waals surface area contributed by atoms with Gasteiger partial charge in [0, 0.05) is 18.1 Å². The van der Waals surface area contributed by atoms with Gasteiger partial charge in [-0.3, -0.25) is 0 Å². The van der Waals surface area contributed by atoms with Crippen LogP contribution in [0.5, 0.6) is 5.75 Å². The number of para-hydroxylation sites is 1. The lowest BCUT2D eigenvalue weighted by molar-refractivity contribution is -0.0717. The van der Waals surface area contributed by atoms with Gasteiger partial charge < -0.3 is 19.2 Å². The van der Waals surface area contributed by atoms with E-state index >= 15 is 0 Å². The Hall–Kier alpha value is -1.78. The van der Waals surface area contributed by atoms with Crippen LogP contribution in [0, 0.1) is 5.92 Å². The van der Waals surface area contributed by atoms with Crippen LogP contribution in [-0.2, 0) is 4.74 Å². The van der Waals surface area contributed by atoms with E-state index in [0.717, 1.165) is 50.5 Å². The first kappa shape index (κ1) is 19.0. The molecule has 0 bridgehead atoms. The summed E-state index contributed by atoms with van der Waals surface area (Å²) in [6.45, 7) is 7.24. The third kappa shape index (κ3) is 4.89. The van der Waals surface area contributed by atoms with Gasteiger partial charge in [0.25, 0.3) is 0 Å². The van der Waals surface area contributed by atoms with E-state index in [0.29, 0.717) is 5.92 Å². The maximum Gasteiger partial charge on any atom is 0.122 e. The van der Waals surface area contributed by atoms with E-state index in [1.807, 2.05) is 18.2 Å². The van der Waals surface area contributed by atoms with E-state index in [4.69, 9.17) is 13.9 Å². The van der Waals surface area contributed by atoms with Gasteiger partial charge in [-0.05, 0) is 70.3 Å². The Morgan fingerprint density at radius 3 is 2.81 bits per heavy atom. The van der Waals surface area contributed by atoms with Crippen LogP contribution < -0.4 is 10.1 Å². The van der Waals surface area contributed by atoms with Crippen molar-refractivity contribution in [3.63, 3.8) is 0 Å². The Kier molecular flexibility index (Phi) is 6.38. The second kappa shape index (κ2) is 8.74. The minimum Gasteiger partial charge on any atom is -0.496 e. The van der Waals surface area contributed by atoms with Crippen molar-refractivity contribution in [1.82, 2.24) is 5.32 Å². The van der Waals surface area contributed by atoms with Crippen molar-refractivity contribution in [3.8, 4) is 5.75 Å². The summed E-state index contributed by atoms with van der Waals surface area (Å²) >= 11 is 0. The van der Waals surface area contributed by atoms with Gasteiger partial charge in [-0.15, -0.1) is 0 Å². The Balaban J connectivity index is 1.59. The molecule has 1 fully saturated rings. The number of nitrogens with one attached hydrogen (secondary N) is 1. The first-order valence-electron chi connectivity index (χ1n) is 9.60. The minimum absolute atomic E-state index is 0.0126. The number of benzene rings is 1. The van der Waals surface area contributed by atoms with Crippen molar-refractivity contribution < 1.29 is 13.9 Å². The normalized spacial score (nSPS) is 20.7. The van der Waals surface area contributed by atoms with Gasteiger partial charge >= 0.3 is 0 Å². The van der Waals surface area contributed by atoms with Crippen LogP contribution in [0.25, 0.3) is 0 Å². The van der Waals surface area contributed by atoms with E-state index in [9.17, 15) is 0 Å². The average Bonchev–Trinajstić information content (AvgIpc) is 3.15. The highest BCUT2D eigenvalue weighted by atomic mass is 16.5. The summed E-state index contributed by atoms with van der Waals surface area (Å²) in [4.78, 5) is 0. The molecule has 2 heterocycles. The zero-order valence-electron chi connectivity index (χ0n) is 16.2. The summed E-state index contributed by atoms with van der Waals surface area (Å²) in [6, 6.07) is 12.2. The molecule has 1 aromatic carbocycles. The highest BCUT2D eigenvalue weighted by molar-refractivity contribution is 5.39. The lowest BCUT2D eigenvalue weighted by atomic mass is 9.88. The fraction of sp³-hybridized carbons (Fsp3) is 0.545. The number of hydrogen-bond acceptors (Lipinski definition) is 4. The molecule has 1 saturated heterocycles. The quantitative estimate of drug-likeness (QED) is 0.701. The molecule has 0 radical (unpaired) electrons. The van der Waals surface area contributed by atoms with Crippen LogP contribution >= 0.6 is 0 Å². The fourth-order valence-corrected chi connectivity index (χ4v) is 3.98. The molecule has 4 nitrogen and oxygen atoms in total. The van der Waals surface area contributed by atoms with Crippen LogP contribution in [0.4, 0.5) is 0 Å². The van der Waals surface area contributed by atoms with Crippen molar-refractivity contribution in [3.05, 3.63) is 54.0 Å². The van der Waals surface area contributed by atoms with E-state index in [1.165, 1.54) is 5.56 Å².